The highest BCUT2D eigenvalue weighted by Gasteiger charge is 2.31. The summed E-state index contributed by atoms with van der Waals surface area (Å²) < 4.78 is 70.4. The molecule has 0 aliphatic heterocycles. The first-order valence-electron chi connectivity index (χ1n) is 8.08. The van der Waals surface area contributed by atoms with Crippen molar-refractivity contribution in [3.8, 4) is 11.8 Å². The second kappa shape index (κ2) is 9.20. The van der Waals surface area contributed by atoms with E-state index in [1.54, 1.807) is 0 Å². The lowest BCUT2D eigenvalue weighted by atomic mass is 10.2. The summed E-state index contributed by atoms with van der Waals surface area (Å²) in [6, 6.07) is 7.53. The van der Waals surface area contributed by atoms with Crippen molar-refractivity contribution in [3.63, 3.8) is 0 Å². The van der Waals surface area contributed by atoms with Crippen LogP contribution in [0.1, 0.15) is 24.0 Å². The number of esters is 1. The van der Waals surface area contributed by atoms with E-state index < -0.39 is 32.6 Å². The summed E-state index contributed by atoms with van der Waals surface area (Å²) in [6.45, 7) is 0. The van der Waals surface area contributed by atoms with Crippen LogP contribution < -0.4 is 4.72 Å². The van der Waals surface area contributed by atoms with Gasteiger partial charge in [-0.2, -0.15) is 13.2 Å². The van der Waals surface area contributed by atoms with Crippen molar-refractivity contribution in [3.05, 3.63) is 58.6 Å². The molecule has 2 aromatic rings. The van der Waals surface area contributed by atoms with E-state index in [2.05, 4.69) is 21.3 Å². The van der Waals surface area contributed by atoms with Crippen molar-refractivity contribution in [2.45, 2.75) is 23.9 Å². The second-order valence-electron chi connectivity index (χ2n) is 5.70. The summed E-state index contributed by atoms with van der Waals surface area (Å²) in [5.41, 5.74) is -0.838. The van der Waals surface area contributed by atoms with Crippen LogP contribution in [0.3, 0.4) is 0 Å². The molecule has 0 aliphatic carbocycles. The maximum absolute atomic E-state index is 12.9. The fraction of sp³-hybridized carbons (Fsp3) is 0.211. The lowest BCUT2D eigenvalue weighted by molar-refractivity contribution is -0.140. The van der Waals surface area contributed by atoms with Gasteiger partial charge in [0.05, 0.1) is 35.2 Å². The maximum atomic E-state index is 12.9. The topological polar surface area (TPSA) is 72.5 Å². The van der Waals surface area contributed by atoms with E-state index in [-0.39, 0.29) is 29.1 Å². The van der Waals surface area contributed by atoms with Gasteiger partial charge in [0.2, 0.25) is 0 Å². The van der Waals surface area contributed by atoms with Crippen molar-refractivity contribution in [2.75, 3.05) is 11.8 Å². The Bertz CT molecular complexity index is 1070. The molecular weight excluding hydrogens is 431 g/mol. The Hall–Kier alpha value is -2.70. The number of benzene rings is 2. The van der Waals surface area contributed by atoms with Crippen LogP contribution in [0, 0.1) is 11.8 Å². The predicted molar refractivity (Wildman–Crippen MR) is 102 cm³/mol. The molecule has 154 valence electrons. The Morgan fingerprint density at radius 2 is 1.93 bits per heavy atom. The lowest BCUT2D eigenvalue weighted by Crippen LogP contribution is -2.15. The number of carbonyl (C=O) groups excluding carboxylic acids is 1. The largest absolute Gasteiger partial charge is 0.469 e. The van der Waals surface area contributed by atoms with Crippen LogP contribution in [-0.4, -0.2) is 21.5 Å². The van der Waals surface area contributed by atoms with Gasteiger partial charge in [-0.3, -0.25) is 9.52 Å². The predicted octanol–water partition coefficient (Wildman–Crippen LogP) is 4.46. The zero-order valence-corrected chi connectivity index (χ0v) is 16.6. The molecule has 0 aromatic heterocycles. The summed E-state index contributed by atoms with van der Waals surface area (Å²) in [5, 5.41) is 0.282. The number of nitrogens with one attached hydrogen (secondary N) is 1. The number of rotatable bonds is 5. The molecule has 0 saturated heterocycles. The minimum absolute atomic E-state index is 0.0392. The van der Waals surface area contributed by atoms with Crippen LogP contribution in [0.25, 0.3) is 0 Å². The quantitative estimate of drug-likeness (QED) is 0.544. The number of hydrogen-bond acceptors (Lipinski definition) is 4. The molecule has 0 radical (unpaired) electrons. The molecule has 2 aromatic carbocycles. The third-order valence-corrected chi connectivity index (χ3v) is 5.20. The van der Waals surface area contributed by atoms with Crippen LogP contribution in [0.15, 0.2) is 47.4 Å². The van der Waals surface area contributed by atoms with Gasteiger partial charge >= 0.3 is 12.1 Å². The Morgan fingerprint density at radius 3 is 2.59 bits per heavy atom. The fourth-order valence-corrected chi connectivity index (χ4v) is 3.47. The van der Waals surface area contributed by atoms with Crippen molar-refractivity contribution in [1.82, 2.24) is 0 Å². The lowest BCUT2D eigenvalue weighted by Gasteiger charge is -2.12. The minimum Gasteiger partial charge on any atom is -0.469 e. The summed E-state index contributed by atoms with van der Waals surface area (Å²) in [7, 11) is -3.07. The SMILES string of the molecule is COC(=O)CCC#Cc1cc(Cl)ccc1NS(=O)(=O)c1cccc(C(F)(F)F)c1. The van der Waals surface area contributed by atoms with Crippen LogP contribution in [0.5, 0.6) is 0 Å². The van der Waals surface area contributed by atoms with E-state index in [0.29, 0.717) is 6.07 Å². The van der Waals surface area contributed by atoms with Gasteiger partial charge in [0.15, 0.2) is 0 Å². The molecule has 0 amide bonds. The van der Waals surface area contributed by atoms with E-state index in [1.807, 2.05) is 0 Å². The molecule has 10 heteroatoms. The van der Waals surface area contributed by atoms with E-state index in [4.69, 9.17) is 11.6 Å². The van der Waals surface area contributed by atoms with Crippen LogP contribution in [0.4, 0.5) is 18.9 Å². The standard InChI is InChI=1S/C19H15ClF3NO4S/c1-28-18(25)8-3-2-5-13-11-15(20)9-10-17(13)24-29(26,27)16-7-4-6-14(12-16)19(21,22)23/h4,6-7,9-12,24H,3,8H2,1H3. The highest BCUT2D eigenvalue weighted by molar-refractivity contribution is 7.92. The summed E-state index contributed by atoms with van der Waals surface area (Å²) >= 11 is 5.92. The van der Waals surface area contributed by atoms with Crippen LogP contribution in [0.2, 0.25) is 5.02 Å². The molecule has 0 atom stereocenters. The molecule has 0 aliphatic rings. The first kappa shape index (κ1) is 22.6. The van der Waals surface area contributed by atoms with Gasteiger partial charge in [0.25, 0.3) is 10.0 Å². The van der Waals surface area contributed by atoms with Crippen molar-refractivity contribution >= 4 is 33.3 Å². The van der Waals surface area contributed by atoms with Gasteiger partial charge in [0.1, 0.15) is 0 Å². The first-order valence-corrected chi connectivity index (χ1v) is 9.94. The minimum atomic E-state index is -4.68. The zero-order chi connectivity index (χ0) is 21.7. The number of ether oxygens (including phenoxy) is 1. The normalized spacial score (nSPS) is 11.3. The summed E-state index contributed by atoms with van der Waals surface area (Å²) in [4.78, 5) is 10.6. The Labute approximate surface area is 170 Å². The average Bonchev–Trinajstić information content (AvgIpc) is 2.66. The first-order chi connectivity index (χ1) is 13.5. The molecule has 29 heavy (non-hydrogen) atoms. The van der Waals surface area contributed by atoms with Gasteiger partial charge < -0.3 is 4.74 Å². The van der Waals surface area contributed by atoms with Gasteiger partial charge in [-0.05, 0) is 36.4 Å². The molecule has 0 saturated carbocycles. The number of alkyl halides is 3. The van der Waals surface area contributed by atoms with E-state index in [1.165, 1.54) is 25.3 Å². The average molecular weight is 446 g/mol. The zero-order valence-electron chi connectivity index (χ0n) is 15.0. The van der Waals surface area contributed by atoms with E-state index in [9.17, 15) is 26.4 Å². The van der Waals surface area contributed by atoms with Gasteiger partial charge in [-0.25, -0.2) is 8.42 Å². The molecule has 0 bridgehead atoms. The van der Waals surface area contributed by atoms with E-state index in [0.717, 1.165) is 18.2 Å². The van der Waals surface area contributed by atoms with Gasteiger partial charge in [0, 0.05) is 11.4 Å². The Balaban J connectivity index is 2.32. The molecule has 0 heterocycles. The molecule has 0 fully saturated rings. The van der Waals surface area contributed by atoms with Crippen molar-refractivity contribution in [1.29, 1.82) is 0 Å². The monoisotopic (exact) mass is 445 g/mol. The Kier molecular flexibility index (Phi) is 7.16. The fourth-order valence-electron chi connectivity index (χ4n) is 2.18. The third kappa shape index (κ3) is 6.41. The number of halogens is 4. The number of carbonyl (C=O) groups is 1. The van der Waals surface area contributed by atoms with Crippen LogP contribution >= 0.6 is 11.6 Å². The van der Waals surface area contributed by atoms with Gasteiger partial charge in [-0.1, -0.05) is 29.5 Å². The maximum Gasteiger partial charge on any atom is 0.416 e. The van der Waals surface area contributed by atoms with Gasteiger partial charge in [-0.15, -0.1) is 0 Å². The summed E-state index contributed by atoms with van der Waals surface area (Å²) in [6.07, 6.45) is -4.46. The van der Waals surface area contributed by atoms with Crippen molar-refractivity contribution in [2.24, 2.45) is 0 Å². The third-order valence-electron chi connectivity index (χ3n) is 3.60. The Morgan fingerprint density at radius 1 is 1.21 bits per heavy atom. The smallest absolute Gasteiger partial charge is 0.416 e. The molecule has 0 unspecified atom stereocenters. The molecule has 5 nitrogen and oxygen atoms in total. The highest BCUT2D eigenvalue weighted by Crippen LogP contribution is 2.31. The molecule has 1 N–H and O–H groups in total. The molecular formula is C19H15ClF3NO4S. The second-order valence-corrected chi connectivity index (χ2v) is 7.82. The number of anilines is 1. The number of hydrogen-bond donors (Lipinski definition) is 1. The molecule has 0 spiro atoms. The highest BCUT2D eigenvalue weighted by atomic mass is 35.5. The van der Waals surface area contributed by atoms with Crippen molar-refractivity contribution < 1.29 is 31.1 Å². The number of methoxy groups -OCH3 is 1. The van der Waals surface area contributed by atoms with E-state index >= 15 is 0 Å². The van der Waals surface area contributed by atoms with Crippen LogP contribution in [-0.2, 0) is 25.7 Å². The number of sulfonamides is 1. The molecule has 2 rings (SSSR count). The summed E-state index contributed by atoms with van der Waals surface area (Å²) in [5.74, 6) is 4.94.